The molecular formula is C13H13NO2. The summed E-state index contributed by atoms with van der Waals surface area (Å²) >= 11 is 0. The molecule has 3 nitrogen and oxygen atoms in total. The molecule has 2 rings (SSSR count). The van der Waals surface area contributed by atoms with E-state index in [0.717, 1.165) is 16.7 Å². The first-order chi connectivity index (χ1) is 7.70. The molecule has 0 saturated heterocycles. The smallest absolute Gasteiger partial charge is 0.115 e. The fourth-order valence-electron chi connectivity index (χ4n) is 1.62. The molecule has 16 heavy (non-hydrogen) atoms. The average Bonchev–Trinajstić information content (AvgIpc) is 2.30. The summed E-state index contributed by atoms with van der Waals surface area (Å²) in [5, 5.41) is 18.0. The Bertz CT molecular complexity index is 492. The van der Waals surface area contributed by atoms with Crippen LogP contribution in [0.1, 0.15) is 5.56 Å². The number of anilines is 1. The maximum absolute atomic E-state index is 9.20. The fourth-order valence-corrected chi connectivity index (χ4v) is 1.62. The molecule has 2 aromatic rings. The van der Waals surface area contributed by atoms with Crippen LogP contribution < -0.4 is 5.48 Å². The Morgan fingerprint density at radius 3 is 2.12 bits per heavy atom. The fraction of sp³-hybridized carbons (Fsp3) is 0.0769. The van der Waals surface area contributed by atoms with Gasteiger partial charge in [-0.05, 0) is 47.9 Å². The molecule has 0 aliphatic rings. The topological polar surface area (TPSA) is 52.5 Å². The van der Waals surface area contributed by atoms with Crippen molar-refractivity contribution in [1.82, 2.24) is 0 Å². The second-order valence-electron chi connectivity index (χ2n) is 3.69. The van der Waals surface area contributed by atoms with E-state index in [0.29, 0.717) is 5.69 Å². The molecule has 0 spiro atoms. The Morgan fingerprint density at radius 1 is 0.938 bits per heavy atom. The van der Waals surface area contributed by atoms with Crippen LogP contribution >= 0.6 is 0 Å². The Hall–Kier alpha value is -2.00. The van der Waals surface area contributed by atoms with Gasteiger partial charge in [0.1, 0.15) is 5.75 Å². The van der Waals surface area contributed by atoms with Crippen molar-refractivity contribution in [2.75, 3.05) is 5.48 Å². The molecule has 0 fully saturated rings. The Labute approximate surface area is 93.9 Å². The van der Waals surface area contributed by atoms with Gasteiger partial charge in [-0.15, -0.1) is 0 Å². The van der Waals surface area contributed by atoms with Crippen LogP contribution in [0.4, 0.5) is 5.69 Å². The van der Waals surface area contributed by atoms with Gasteiger partial charge >= 0.3 is 0 Å². The average molecular weight is 215 g/mol. The van der Waals surface area contributed by atoms with Crippen molar-refractivity contribution in [2.24, 2.45) is 0 Å². The highest BCUT2D eigenvalue weighted by Gasteiger charge is 2.01. The summed E-state index contributed by atoms with van der Waals surface area (Å²) < 4.78 is 0. The molecule has 0 aliphatic carbocycles. The highest BCUT2D eigenvalue weighted by molar-refractivity contribution is 5.68. The second kappa shape index (κ2) is 4.24. The molecule has 0 radical (unpaired) electrons. The van der Waals surface area contributed by atoms with Crippen molar-refractivity contribution in [3.63, 3.8) is 0 Å². The van der Waals surface area contributed by atoms with Crippen molar-refractivity contribution < 1.29 is 10.3 Å². The van der Waals surface area contributed by atoms with Crippen molar-refractivity contribution in [2.45, 2.75) is 6.92 Å². The molecule has 0 unspecified atom stereocenters. The maximum Gasteiger partial charge on any atom is 0.115 e. The van der Waals surface area contributed by atoms with E-state index in [4.69, 9.17) is 5.21 Å². The minimum Gasteiger partial charge on any atom is -0.508 e. The SMILES string of the molecule is Cc1cc(-c2ccc(O)cc2)ccc1NO. The first-order valence-electron chi connectivity index (χ1n) is 5.01. The third-order valence-electron chi connectivity index (χ3n) is 2.55. The normalized spacial score (nSPS) is 10.1. The molecule has 0 saturated carbocycles. The van der Waals surface area contributed by atoms with E-state index in [1.165, 1.54) is 0 Å². The van der Waals surface area contributed by atoms with Crippen LogP contribution in [0.5, 0.6) is 5.75 Å². The van der Waals surface area contributed by atoms with Crippen molar-refractivity contribution >= 4 is 5.69 Å². The zero-order chi connectivity index (χ0) is 11.5. The molecule has 0 aromatic heterocycles. The quantitative estimate of drug-likeness (QED) is 0.674. The van der Waals surface area contributed by atoms with Crippen molar-refractivity contribution in [1.29, 1.82) is 0 Å². The van der Waals surface area contributed by atoms with E-state index in [1.807, 2.05) is 37.3 Å². The monoisotopic (exact) mass is 215 g/mol. The van der Waals surface area contributed by atoms with Gasteiger partial charge < -0.3 is 5.11 Å². The zero-order valence-electron chi connectivity index (χ0n) is 8.94. The summed E-state index contributed by atoms with van der Waals surface area (Å²) in [6.45, 7) is 1.92. The summed E-state index contributed by atoms with van der Waals surface area (Å²) in [6, 6.07) is 12.7. The molecule has 0 amide bonds. The first-order valence-corrected chi connectivity index (χ1v) is 5.01. The Morgan fingerprint density at radius 2 is 1.56 bits per heavy atom. The number of benzene rings is 2. The van der Waals surface area contributed by atoms with Crippen LogP contribution in [0.25, 0.3) is 11.1 Å². The maximum atomic E-state index is 9.20. The number of hydrogen-bond acceptors (Lipinski definition) is 3. The second-order valence-corrected chi connectivity index (χ2v) is 3.69. The number of phenols is 1. The van der Waals surface area contributed by atoms with Gasteiger partial charge in [0.2, 0.25) is 0 Å². The summed E-state index contributed by atoms with van der Waals surface area (Å²) in [6.07, 6.45) is 0. The predicted molar refractivity (Wildman–Crippen MR) is 63.7 cm³/mol. The highest BCUT2D eigenvalue weighted by atomic mass is 16.5. The minimum atomic E-state index is 0.258. The molecular weight excluding hydrogens is 202 g/mol. The number of rotatable bonds is 2. The predicted octanol–water partition coefficient (Wildman–Crippen LogP) is 3.17. The van der Waals surface area contributed by atoms with Gasteiger partial charge in [0.05, 0.1) is 5.69 Å². The van der Waals surface area contributed by atoms with E-state index in [-0.39, 0.29) is 5.75 Å². The lowest BCUT2D eigenvalue weighted by Crippen LogP contribution is -1.92. The van der Waals surface area contributed by atoms with Crippen molar-refractivity contribution in [3.05, 3.63) is 48.0 Å². The van der Waals surface area contributed by atoms with E-state index < -0.39 is 0 Å². The lowest BCUT2D eigenvalue weighted by molar-refractivity contribution is 0.388. The van der Waals surface area contributed by atoms with Crippen LogP contribution in [-0.2, 0) is 0 Å². The number of hydrogen-bond donors (Lipinski definition) is 3. The molecule has 0 aliphatic heterocycles. The van der Waals surface area contributed by atoms with Gasteiger partial charge in [0.25, 0.3) is 0 Å². The lowest BCUT2D eigenvalue weighted by Gasteiger charge is -2.07. The molecule has 82 valence electrons. The van der Waals surface area contributed by atoms with Crippen LogP contribution in [0.2, 0.25) is 0 Å². The van der Waals surface area contributed by atoms with E-state index in [2.05, 4.69) is 5.48 Å². The Balaban J connectivity index is 2.41. The summed E-state index contributed by atoms with van der Waals surface area (Å²) in [7, 11) is 0. The summed E-state index contributed by atoms with van der Waals surface area (Å²) in [4.78, 5) is 0. The third kappa shape index (κ3) is 1.99. The third-order valence-corrected chi connectivity index (χ3v) is 2.55. The van der Waals surface area contributed by atoms with E-state index >= 15 is 0 Å². The summed E-state index contributed by atoms with van der Waals surface area (Å²) in [5.41, 5.74) is 5.89. The number of aromatic hydroxyl groups is 1. The number of nitrogens with one attached hydrogen (secondary N) is 1. The van der Waals surface area contributed by atoms with Crippen LogP contribution in [0.15, 0.2) is 42.5 Å². The minimum absolute atomic E-state index is 0.258. The van der Waals surface area contributed by atoms with E-state index in [1.54, 1.807) is 12.1 Å². The summed E-state index contributed by atoms with van der Waals surface area (Å²) in [5.74, 6) is 0.258. The van der Waals surface area contributed by atoms with Gasteiger partial charge in [-0.3, -0.25) is 10.7 Å². The van der Waals surface area contributed by atoms with Crippen molar-refractivity contribution in [3.8, 4) is 16.9 Å². The molecule has 0 atom stereocenters. The molecule has 3 heteroatoms. The number of phenolic OH excluding ortho intramolecular Hbond substituents is 1. The Kier molecular flexibility index (Phi) is 2.79. The standard InChI is InChI=1S/C13H13NO2/c1-9-8-11(4-7-13(9)14-16)10-2-5-12(15)6-3-10/h2-8,14-16H,1H3. The molecule has 0 heterocycles. The zero-order valence-corrected chi connectivity index (χ0v) is 8.94. The van der Waals surface area contributed by atoms with Gasteiger partial charge in [-0.2, -0.15) is 0 Å². The largest absolute Gasteiger partial charge is 0.508 e. The highest BCUT2D eigenvalue weighted by Crippen LogP contribution is 2.25. The first kappa shape index (κ1) is 10.5. The van der Waals surface area contributed by atoms with E-state index in [9.17, 15) is 5.11 Å². The molecule has 2 aromatic carbocycles. The van der Waals surface area contributed by atoms with Crippen LogP contribution in [0.3, 0.4) is 0 Å². The van der Waals surface area contributed by atoms with Crippen LogP contribution in [0, 0.1) is 6.92 Å². The van der Waals surface area contributed by atoms with Gasteiger partial charge in [0, 0.05) is 0 Å². The molecule has 0 bridgehead atoms. The van der Waals surface area contributed by atoms with Gasteiger partial charge in [-0.25, -0.2) is 0 Å². The number of aryl methyl sites for hydroxylation is 1. The van der Waals surface area contributed by atoms with Crippen LogP contribution in [-0.4, -0.2) is 10.3 Å². The van der Waals surface area contributed by atoms with Gasteiger partial charge in [-0.1, -0.05) is 18.2 Å². The lowest BCUT2D eigenvalue weighted by atomic mass is 10.0. The van der Waals surface area contributed by atoms with Gasteiger partial charge in [0.15, 0.2) is 0 Å². The molecule has 3 N–H and O–H groups in total.